The van der Waals surface area contributed by atoms with Gasteiger partial charge in [-0.2, -0.15) is 0 Å². The lowest BCUT2D eigenvalue weighted by Gasteiger charge is -1.97. The number of aldehydes is 1. The molecule has 0 radical (unpaired) electrons. The zero-order valence-corrected chi connectivity index (χ0v) is 8.95. The molecule has 0 atom stereocenters. The van der Waals surface area contributed by atoms with Gasteiger partial charge in [0, 0.05) is 27.4 Å². The second-order valence-corrected chi connectivity index (χ2v) is 4.05. The first-order chi connectivity index (χ1) is 7.79. The summed E-state index contributed by atoms with van der Waals surface area (Å²) in [7, 11) is 0. The lowest BCUT2D eigenvalue weighted by molar-refractivity contribution is 0.112. The number of para-hydroxylation sites is 1. The van der Waals surface area contributed by atoms with Gasteiger partial charge in [-0.3, -0.25) is 4.79 Å². The van der Waals surface area contributed by atoms with Gasteiger partial charge < -0.3 is 4.98 Å². The maximum Gasteiger partial charge on any atom is 0.150 e. The Kier molecular flexibility index (Phi) is 1.83. The fraction of sp³-hybridized carbons (Fsp3) is 0.0714. The van der Waals surface area contributed by atoms with Crippen molar-refractivity contribution in [2.45, 2.75) is 6.92 Å². The molecular weight excluding hydrogens is 198 g/mol. The third-order valence-corrected chi connectivity index (χ3v) is 2.97. The van der Waals surface area contributed by atoms with E-state index in [9.17, 15) is 4.79 Å². The number of aromatic amines is 1. The van der Waals surface area contributed by atoms with Gasteiger partial charge in [0.15, 0.2) is 0 Å². The highest BCUT2D eigenvalue weighted by Crippen LogP contribution is 2.28. The standard InChI is InChI=1S/C14H11NO/c1-9-6-10(8-16)7-12-11-4-2-3-5-13(11)15-14(9)12/h2-8,15H,1H3. The highest BCUT2D eigenvalue weighted by molar-refractivity contribution is 6.09. The Morgan fingerprint density at radius 3 is 2.75 bits per heavy atom. The van der Waals surface area contributed by atoms with Gasteiger partial charge in [-0.25, -0.2) is 0 Å². The molecule has 0 saturated carbocycles. The van der Waals surface area contributed by atoms with Crippen molar-refractivity contribution in [3.8, 4) is 0 Å². The summed E-state index contributed by atoms with van der Waals surface area (Å²) >= 11 is 0. The van der Waals surface area contributed by atoms with Gasteiger partial charge >= 0.3 is 0 Å². The number of nitrogens with one attached hydrogen (secondary N) is 1. The smallest absolute Gasteiger partial charge is 0.150 e. The Labute approximate surface area is 92.9 Å². The Morgan fingerprint density at radius 1 is 1.12 bits per heavy atom. The first kappa shape index (κ1) is 9.16. The van der Waals surface area contributed by atoms with Gasteiger partial charge in [0.1, 0.15) is 6.29 Å². The molecule has 0 amide bonds. The summed E-state index contributed by atoms with van der Waals surface area (Å²) < 4.78 is 0. The molecule has 0 aliphatic heterocycles. The molecule has 3 rings (SSSR count). The Hall–Kier alpha value is -2.09. The monoisotopic (exact) mass is 209 g/mol. The average Bonchev–Trinajstić information content (AvgIpc) is 2.68. The molecule has 0 bridgehead atoms. The lowest BCUT2D eigenvalue weighted by atomic mass is 10.1. The van der Waals surface area contributed by atoms with E-state index in [1.807, 2.05) is 31.2 Å². The number of aryl methyl sites for hydroxylation is 1. The van der Waals surface area contributed by atoms with Crippen LogP contribution in [0.1, 0.15) is 15.9 Å². The minimum atomic E-state index is 0.731. The Bertz CT molecular complexity index is 694. The zero-order valence-electron chi connectivity index (χ0n) is 8.95. The van der Waals surface area contributed by atoms with Crippen molar-refractivity contribution in [1.29, 1.82) is 0 Å². The van der Waals surface area contributed by atoms with Crippen LogP contribution in [0.2, 0.25) is 0 Å². The van der Waals surface area contributed by atoms with Crippen LogP contribution in [-0.2, 0) is 0 Å². The summed E-state index contributed by atoms with van der Waals surface area (Å²) in [5.41, 5.74) is 4.07. The van der Waals surface area contributed by atoms with E-state index in [-0.39, 0.29) is 0 Å². The van der Waals surface area contributed by atoms with Crippen molar-refractivity contribution in [1.82, 2.24) is 4.98 Å². The van der Waals surface area contributed by atoms with Crippen LogP contribution in [0, 0.1) is 6.92 Å². The largest absolute Gasteiger partial charge is 0.354 e. The predicted octanol–water partition coefficient (Wildman–Crippen LogP) is 3.44. The van der Waals surface area contributed by atoms with Crippen molar-refractivity contribution in [3.05, 3.63) is 47.5 Å². The molecule has 1 N–H and O–H groups in total. The van der Waals surface area contributed by atoms with E-state index in [1.165, 1.54) is 5.39 Å². The number of hydrogen-bond acceptors (Lipinski definition) is 1. The summed E-state index contributed by atoms with van der Waals surface area (Å²) in [5, 5.41) is 2.29. The molecule has 0 saturated heterocycles. The highest BCUT2D eigenvalue weighted by atomic mass is 16.1. The summed E-state index contributed by atoms with van der Waals surface area (Å²) in [6, 6.07) is 12.0. The number of fused-ring (bicyclic) bond motifs is 3. The van der Waals surface area contributed by atoms with E-state index in [0.717, 1.165) is 33.8 Å². The molecule has 0 spiro atoms. The third-order valence-electron chi connectivity index (χ3n) is 2.97. The molecular formula is C14H11NO. The molecule has 0 fully saturated rings. The number of hydrogen-bond donors (Lipinski definition) is 1. The Balaban J connectivity index is 2.55. The maximum atomic E-state index is 10.9. The number of H-pyrrole nitrogens is 1. The third kappa shape index (κ3) is 1.16. The van der Waals surface area contributed by atoms with Crippen molar-refractivity contribution in [2.24, 2.45) is 0 Å². The highest BCUT2D eigenvalue weighted by Gasteiger charge is 2.06. The van der Waals surface area contributed by atoms with Gasteiger partial charge in [0.05, 0.1) is 0 Å². The minimum absolute atomic E-state index is 0.731. The number of carbonyl (C=O) groups is 1. The van der Waals surface area contributed by atoms with E-state index in [4.69, 9.17) is 0 Å². The van der Waals surface area contributed by atoms with E-state index in [2.05, 4.69) is 17.1 Å². The van der Waals surface area contributed by atoms with Crippen LogP contribution >= 0.6 is 0 Å². The first-order valence-corrected chi connectivity index (χ1v) is 5.26. The number of rotatable bonds is 1. The number of aromatic nitrogens is 1. The molecule has 1 aromatic heterocycles. The van der Waals surface area contributed by atoms with E-state index in [0.29, 0.717) is 0 Å². The van der Waals surface area contributed by atoms with E-state index in [1.54, 1.807) is 0 Å². The fourth-order valence-corrected chi connectivity index (χ4v) is 2.22. The summed E-state index contributed by atoms with van der Waals surface area (Å²) in [6.45, 7) is 2.02. The topological polar surface area (TPSA) is 32.9 Å². The molecule has 0 aliphatic carbocycles. The van der Waals surface area contributed by atoms with Gasteiger partial charge in [-0.15, -0.1) is 0 Å². The van der Waals surface area contributed by atoms with Crippen molar-refractivity contribution in [2.75, 3.05) is 0 Å². The van der Waals surface area contributed by atoms with Crippen LogP contribution in [0.25, 0.3) is 21.8 Å². The molecule has 2 heteroatoms. The molecule has 16 heavy (non-hydrogen) atoms. The minimum Gasteiger partial charge on any atom is -0.354 e. The molecule has 78 valence electrons. The van der Waals surface area contributed by atoms with Crippen molar-refractivity contribution < 1.29 is 4.79 Å². The fourth-order valence-electron chi connectivity index (χ4n) is 2.22. The second-order valence-electron chi connectivity index (χ2n) is 4.05. The van der Waals surface area contributed by atoms with Crippen LogP contribution in [0.3, 0.4) is 0 Å². The summed E-state index contributed by atoms with van der Waals surface area (Å²) in [4.78, 5) is 14.2. The van der Waals surface area contributed by atoms with Gasteiger partial charge in [-0.05, 0) is 30.7 Å². The maximum absolute atomic E-state index is 10.9. The molecule has 0 unspecified atom stereocenters. The first-order valence-electron chi connectivity index (χ1n) is 5.26. The SMILES string of the molecule is Cc1cc(C=O)cc2c1[nH]c1ccccc12. The van der Waals surface area contributed by atoms with Crippen LogP contribution in [0.5, 0.6) is 0 Å². The number of benzene rings is 2. The molecule has 1 heterocycles. The van der Waals surface area contributed by atoms with Crippen LogP contribution in [0.4, 0.5) is 0 Å². The van der Waals surface area contributed by atoms with Crippen LogP contribution in [0.15, 0.2) is 36.4 Å². The normalized spacial score (nSPS) is 11.1. The zero-order chi connectivity index (χ0) is 11.1. The number of carbonyl (C=O) groups excluding carboxylic acids is 1. The second kappa shape index (κ2) is 3.20. The van der Waals surface area contributed by atoms with Gasteiger partial charge in [-0.1, -0.05) is 18.2 Å². The molecule has 3 aromatic rings. The summed E-state index contributed by atoms with van der Waals surface area (Å²) in [6.07, 6.45) is 0.897. The summed E-state index contributed by atoms with van der Waals surface area (Å²) in [5.74, 6) is 0. The van der Waals surface area contributed by atoms with Gasteiger partial charge in [0.25, 0.3) is 0 Å². The van der Waals surface area contributed by atoms with E-state index >= 15 is 0 Å². The van der Waals surface area contributed by atoms with Crippen LogP contribution in [-0.4, -0.2) is 11.3 Å². The van der Waals surface area contributed by atoms with E-state index < -0.39 is 0 Å². The average molecular weight is 209 g/mol. The van der Waals surface area contributed by atoms with Gasteiger partial charge in [0.2, 0.25) is 0 Å². The Morgan fingerprint density at radius 2 is 1.94 bits per heavy atom. The molecule has 0 aliphatic rings. The van der Waals surface area contributed by atoms with Crippen LogP contribution < -0.4 is 0 Å². The van der Waals surface area contributed by atoms with Crippen molar-refractivity contribution >= 4 is 28.1 Å². The quantitative estimate of drug-likeness (QED) is 0.612. The predicted molar refractivity (Wildman–Crippen MR) is 65.9 cm³/mol. The molecule has 2 aromatic carbocycles. The van der Waals surface area contributed by atoms with Crippen molar-refractivity contribution in [3.63, 3.8) is 0 Å². The molecule has 2 nitrogen and oxygen atoms in total. The lowest BCUT2D eigenvalue weighted by Crippen LogP contribution is -1.83.